The zero-order valence-electron chi connectivity index (χ0n) is 16.8. The Labute approximate surface area is 177 Å². The molecule has 162 valence electrons. The molecule has 0 aliphatic carbocycles. The van der Waals surface area contributed by atoms with Crippen LogP contribution in [-0.4, -0.2) is 29.9 Å². The summed E-state index contributed by atoms with van der Waals surface area (Å²) in [7, 11) is 1.53. The van der Waals surface area contributed by atoms with Crippen LogP contribution in [0.5, 0.6) is 11.5 Å². The van der Waals surface area contributed by atoms with Gasteiger partial charge in [0.25, 0.3) is 5.91 Å². The van der Waals surface area contributed by atoms with Gasteiger partial charge in [-0.1, -0.05) is 29.8 Å². The highest BCUT2D eigenvalue weighted by atomic mass is 35.5. The Balaban J connectivity index is 1.95. The fourth-order valence-corrected chi connectivity index (χ4v) is 3.65. The highest BCUT2D eigenvalue weighted by Crippen LogP contribution is 2.43. The van der Waals surface area contributed by atoms with Crippen LogP contribution in [-0.2, 0) is 16.1 Å². The Hall–Kier alpha value is -2.45. The number of alkyl halides is 3. The summed E-state index contributed by atoms with van der Waals surface area (Å²) in [4.78, 5) is 14.5. The first-order valence-corrected chi connectivity index (χ1v) is 9.47. The lowest BCUT2D eigenvalue weighted by atomic mass is 10.0. The van der Waals surface area contributed by atoms with Gasteiger partial charge in [0.05, 0.1) is 12.1 Å². The van der Waals surface area contributed by atoms with Crippen molar-refractivity contribution in [2.45, 2.75) is 45.5 Å². The number of ether oxygens (including phenoxy) is 3. The van der Waals surface area contributed by atoms with Crippen LogP contribution >= 0.6 is 11.6 Å². The van der Waals surface area contributed by atoms with Crippen LogP contribution in [0.4, 0.5) is 13.2 Å². The molecule has 2 aromatic rings. The van der Waals surface area contributed by atoms with Gasteiger partial charge < -0.3 is 19.1 Å². The van der Waals surface area contributed by atoms with E-state index in [-0.39, 0.29) is 17.5 Å². The van der Waals surface area contributed by atoms with E-state index >= 15 is 0 Å². The molecule has 30 heavy (non-hydrogen) atoms. The van der Waals surface area contributed by atoms with Crippen molar-refractivity contribution < 1.29 is 32.2 Å². The Morgan fingerprint density at radius 3 is 2.50 bits per heavy atom. The molecular formula is C21H21ClF3NO4. The molecule has 1 heterocycles. The summed E-state index contributed by atoms with van der Waals surface area (Å²) in [6.07, 6.45) is -5.58. The number of aryl methyl sites for hydroxylation is 1. The number of halogens is 4. The minimum absolute atomic E-state index is 0.0798. The Morgan fingerprint density at radius 2 is 1.90 bits per heavy atom. The quantitative estimate of drug-likeness (QED) is 0.621. The molecule has 1 aliphatic rings. The van der Waals surface area contributed by atoms with Crippen LogP contribution in [0, 0.1) is 6.92 Å². The predicted octanol–water partition coefficient (Wildman–Crippen LogP) is 5.39. The molecule has 2 aromatic carbocycles. The minimum Gasteiger partial charge on any atom is -0.496 e. The third-order valence-electron chi connectivity index (χ3n) is 4.79. The number of rotatable bonds is 5. The van der Waals surface area contributed by atoms with Gasteiger partial charge in [-0.15, -0.1) is 13.2 Å². The highest BCUT2D eigenvalue weighted by molar-refractivity contribution is 6.32. The number of methoxy groups -OCH3 is 1. The first-order valence-electron chi connectivity index (χ1n) is 9.09. The van der Waals surface area contributed by atoms with Gasteiger partial charge in [-0.05, 0) is 50.1 Å². The fraction of sp³-hybridized carbons (Fsp3) is 0.381. The van der Waals surface area contributed by atoms with E-state index in [2.05, 4.69) is 4.74 Å². The lowest BCUT2D eigenvalue weighted by molar-refractivity contribution is -0.274. The van der Waals surface area contributed by atoms with Crippen molar-refractivity contribution in [2.24, 2.45) is 0 Å². The summed E-state index contributed by atoms with van der Waals surface area (Å²) in [5.41, 5.74) is 1.03. The Bertz CT molecular complexity index is 962. The molecule has 0 saturated carbocycles. The molecule has 0 spiro atoms. The normalized spacial score (nSPS) is 18.6. The summed E-state index contributed by atoms with van der Waals surface area (Å²) in [5, 5.41) is -0.207. The molecule has 0 bridgehead atoms. The van der Waals surface area contributed by atoms with E-state index in [1.165, 1.54) is 24.1 Å². The zero-order valence-corrected chi connectivity index (χ0v) is 17.6. The molecule has 1 amide bonds. The maximum Gasteiger partial charge on any atom is 0.573 e. The molecular weight excluding hydrogens is 423 g/mol. The van der Waals surface area contributed by atoms with E-state index in [1.54, 1.807) is 19.9 Å². The summed E-state index contributed by atoms with van der Waals surface area (Å²) < 4.78 is 52.8. The van der Waals surface area contributed by atoms with Crippen molar-refractivity contribution in [1.82, 2.24) is 4.90 Å². The van der Waals surface area contributed by atoms with Gasteiger partial charge in [0, 0.05) is 12.1 Å². The van der Waals surface area contributed by atoms with Crippen molar-refractivity contribution in [2.75, 3.05) is 7.11 Å². The molecule has 1 saturated heterocycles. The first-order chi connectivity index (χ1) is 13.9. The third-order valence-corrected chi connectivity index (χ3v) is 5.09. The highest BCUT2D eigenvalue weighted by Gasteiger charge is 2.48. The van der Waals surface area contributed by atoms with Gasteiger partial charge >= 0.3 is 6.36 Å². The largest absolute Gasteiger partial charge is 0.573 e. The smallest absolute Gasteiger partial charge is 0.496 e. The number of carbonyl (C=O) groups excluding carboxylic acids is 1. The SMILES string of the molecule is COc1cccc(C)c1C1OC(C)(C)C(=O)N1Cc1ccc(OC(F)(F)F)c(Cl)c1. The van der Waals surface area contributed by atoms with Gasteiger partial charge in [-0.2, -0.15) is 0 Å². The van der Waals surface area contributed by atoms with E-state index in [1.807, 2.05) is 19.1 Å². The number of benzene rings is 2. The average Bonchev–Trinajstić information content (AvgIpc) is 2.86. The monoisotopic (exact) mass is 443 g/mol. The second-order valence-electron chi connectivity index (χ2n) is 7.42. The maximum atomic E-state index is 13.0. The molecule has 1 aliphatic heterocycles. The van der Waals surface area contributed by atoms with Crippen molar-refractivity contribution >= 4 is 17.5 Å². The van der Waals surface area contributed by atoms with E-state index in [0.29, 0.717) is 16.9 Å². The van der Waals surface area contributed by atoms with Gasteiger partial charge in [0.1, 0.15) is 17.1 Å². The van der Waals surface area contributed by atoms with Gasteiger partial charge in [0.15, 0.2) is 6.23 Å². The lowest BCUT2D eigenvalue weighted by Crippen LogP contribution is -2.35. The van der Waals surface area contributed by atoms with Crippen LogP contribution in [0.1, 0.15) is 36.8 Å². The molecule has 1 unspecified atom stereocenters. The molecule has 1 fully saturated rings. The molecule has 9 heteroatoms. The van der Waals surface area contributed by atoms with E-state index < -0.39 is 23.9 Å². The number of amides is 1. The van der Waals surface area contributed by atoms with E-state index in [4.69, 9.17) is 21.1 Å². The summed E-state index contributed by atoms with van der Waals surface area (Å²) >= 11 is 5.96. The first kappa shape index (κ1) is 22.2. The third kappa shape index (κ3) is 4.49. The molecule has 0 radical (unpaired) electrons. The van der Waals surface area contributed by atoms with Crippen LogP contribution < -0.4 is 9.47 Å². The second-order valence-corrected chi connectivity index (χ2v) is 7.82. The van der Waals surface area contributed by atoms with Crippen LogP contribution in [0.2, 0.25) is 5.02 Å². The predicted molar refractivity (Wildman–Crippen MR) is 104 cm³/mol. The maximum absolute atomic E-state index is 13.0. The number of nitrogens with zero attached hydrogens (tertiary/aromatic N) is 1. The molecule has 5 nitrogen and oxygen atoms in total. The van der Waals surface area contributed by atoms with E-state index in [0.717, 1.165) is 11.6 Å². The lowest BCUT2D eigenvalue weighted by Gasteiger charge is -2.26. The number of carbonyl (C=O) groups is 1. The molecule has 1 atom stereocenters. The second kappa shape index (κ2) is 8.00. The van der Waals surface area contributed by atoms with Crippen LogP contribution in [0.15, 0.2) is 36.4 Å². The number of hydrogen-bond acceptors (Lipinski definition) is 4. The standard InChI is InChI=1S/C21H21ClF3NO4/c1-12-6-5-7-16(28-4)17(12)18-26(19(27)20(2,3)30-18)11-13-8-9-15(14(22)10-13)29-21(23,24)25/h5-10,18H,11H2,1-4H3. The van der Waals surface area contributed by atoms with Crippen LogP contribution in [0.25, 0.3) is 0 Å². The topological polar surface area (TPSA) is 48.0 Å². The van der Waals surface area contributed by atoms with Gasteiger partial charge in [0.2, 0.25) is 0 Å². The fourth-order valence-electron chi connectivity index (χ4n) is 3.41. The Kier molecular flexibility index (Phi) is 5.93. The van der Waals surface area contributed by atoms with Crippen molar-refractivity contribution in [3.63, 3.8) is 0 Å². The molecule has 0 aromatic heterocycles. The minimum atomic E-state index is -4.85. The van der Waals surface area contributed by atoms with Crippen molar-refractivity contribution in [1.29, 1.82) is 0 Å². The van der Waals surface area contributed by atoms with Crippen molar-refractivity contribution in [3.05, 3.63) is 58.1 Å². The summed E-state index contributed by atoms with van der Waals surface area (Å²) in [6, 6.07) is 9.39. The zero-order chi connectivity index (χ0) is 22.3. The van der Waals surface area contributed by atoms with Gasteiger partial charge in [-0.3, -0.25) is 4.79 Å². The molecule has 3 rings (SSSR count). The van der Waals surface area contributed by atoms with Crippen LogP contribution in [0.3, 0.4) is 0 Å². The van der Waals surface area contributed by atoms with Crippen molar-refractivity contribution in [3.8, 4) is 11.5 Å². The Morgan fingerprint density at radius 1 is 1.20 bits per heavy atom. The average molecular weight is 444 g/mol. The van der Waals surface area contributed by atoms with E-state index in [9.17, 15) is 18.0 Å². The number of hydrogen-bond donors (Lipinski definition) is 0. The summed E-state index contributed by atoms with van der Waals surface area (Å²) in [5.74, 6) is -0.193. The molecule has 0 N–H and O–H groups in total. The van der Waals surface area contributed by atoms with Gasteiger partial charge in [-0.25, -0.2) is 0 Å². The summed E-state index contributed by atoms with van der Waals surface area (Å²) in [6.45, 7) is 5.30.